The van der Waals surface area contributed by atoms with Gasteiger partial charge in [0.1, 0.15) is 5.75 Å². The van der Waals surface area contributed by atoms with Crippen LogP contribution >= 0.6 is 0 Å². The minimum Gasteiger partial charge on any atom is -0.484 e. The molecule has 6 nitrogen and oxygen atoms in total. The van der Waals surface area contributed by atoms with Gasteiger partial charge >= 0.3 is 0 Å². The van der Waals surface area contributed by atoms with E-state index >= 15 is 0 Å². The van der Waals surface area contributed by atoms with Gasteiger partial charge in [0, 0.05) is 25.7 Å². The van der Waals surface area contributed by atoms with E-state index < -0.39 is 0 Å². The molecule has 6 heteroatoms. The molecule has 108 valence electrons. The van der Waals surface area contributed by atoms with E-state index in [2.05, 4.69) is 5.32 Å². The van der Waals surface area contributed by atoms with Crippen LogP contribution in [0.25, 0.3) is 0 Å². The van der Waals surface area contributed by atoms with Gasteiger partial charge < -0.3 is 19.7 Å². The van der Waals surface area contributed by atoms with Crippen LogP contribution in [0, 0.1) is 0 Å². The lowest BCUT2D eigenvalue weighted by Crippen LogP contribution is -2.42. The molecule has 2 rings (SSSR count). The molecule has 0 aliphatic carbocycles. The Hall–Kier alpha value is -2.08. The number of hydrogen-bond acceptors (Lipinski definition) is 4. The first-order chi connectivity index (χ1) is 9.65. The van der Waals surface area contributed by atoms with Crippen molar-refractivity contribution in [1.82, 2.24) is 4.90 Å². The van der Waals surface area contributed by atoms with Crippen molar-refractivity contribution in [3.05, 3.63) is 24.3 Å². The van der Waals surface area contributed by atoms with Gasteiger partial charge in [-0.25, -0.2) is 0 Å². The van der Waals surface area contributed by atoms with E-state index in [4.69, 9.17) is 9.47 Å². The Morgan fingerprint density at radius 2 is 1.90 bits per heavy atom. The number of carbonyl (C=O) groups excluding carboxylic acids is 2. The number of carbonyl (C=O) groups is 2. The molecule has 1 heterocycles. The van der Waals surface area contributed by atoms with Crippen LogP contribution in [0.4, 0.5) is 5.69 Å². The molecule has 1 fully saturated rings. The summed E-state index contributed by atoms with van der Waals surface area (Å²) in [4.78, 5) is 24.5. The van der Waals surface area contributed by atoms with Crippen LogP contribution in [-0.4, -0.2) is 49.6 Å². The summed E-state index contributed by atoms with van der Waals surface area (Å²) in [5.41, 5.74) is 0.698. The average Bonchev–Trinajstić information content (AvgIpc) is 2.46. The topological polar surface area (TPSA) is 67.9 Å². The number of amides is 2. The summed E-state index contributed by atoms with van der Waals surface area (Å²) in [6, 6.07) is 6.90. The monoisotopic (exact) mass is 278 g/mol. The second-order valence-corrected chi connectivity index (χ2v) is 4.49. The van der Waals surface area contributed by atoms with Crippen LogP contribution in [-0.2, 0) is 14.3 Å². The summed E-state index contributed by atoms with van der Waals surface area (Å²) in [5.74, 6) is 0.432. The van der Waals surface area contributed by atoms with Gasteiger partial charge in [-0.2, -0.15) is 0 Å². The molecule has 1 aromatic carbocycles. The number of morpholine rings is 1. The predicted molar refractivity (Wildman–Crippen MR) is 73.6 cm³/mol. The van der Waals surface area contributed by atoms with Crippen LogP contribution < -0.4 is 10.1 Å². The molecule has 1 aliphatic rings. The van der Waals surface area contributed by atoms with E-state index in [9.17, 15) is 9.59 Å². The zero-order chi connectivity index (χ0) is 14.4. The summed E-state index contributed by atoms with van der Waals surface area (Å²) in [7, 11) is 0. The number of anilines is 1. The third kappa shape index (κ3) is 4.24. The van der Waals surface area contributed by atoms with Crippen LogP contribution in [0.15, 0.2) is 24.3 Å². The maximum atomic E-state index is 11.9. The van der Waals surface area contributed by atoms with E-state index in [1.54, 1.807) is 29.2 Å². The molecule has 0 unspecified atom stereocenters. The summed E-state index contributed by atoms with van der Waals surface area (Å²) in [6.07, 6.45) is 0. The molecule has 1 saturated heterocycles. The highest BCUT2D eigenvalue weighted by molar-refractivity contribution is 5.88. The van der Waals surface area contributed by atoms with Gasteiger partial charge in [0.15, 0.2) is 6.61 Å². The number of benzene rings is 1. The second-order valence-electron chi connectivity index (χ2n) is 4.49. The molecule has 0 bridgehead atoms. The largest absolute Gasteiger partial charge is 0.484 e. The fraction of sp³-hybridized carbons (Fsp3) is 0.429. The Morgan fingerprint density at radius 1 is 1.25 bits per heavy atom. The van der Waals surface area contributed by atoms with Gasteiger partial charge in [-0.15, -0.1) is 0 Å². The van der Waals surface area contributed by atoms with E-state index in [1.807, 2.05) is 0 Å². The Morgan fingerprint density at radius 3 is 2.50 bits per heavy atom. The molecule has 1 aromatic rings. The molecule has 0 saturated carbocycles. The quantitative estimate of drug-likeness (QED) is 0.888. The van der Waals surface area contributed by atoms with Crippen molar-refractivity contribution in [2.24, 2.45) is 0 Å². The van der Waals surface area contributed by atoms with Crippen molar-refractivity contribution < 1.29 is 19.1 Å². The Balaban J connectivity index is 1.81. The third-order valence-electron chi connectivity index (χ3n) is 2.90. The van der Waals surface area contributed by atoms with Crippen LogP contribution in [0.5, 0.6) is 5.75 Å². The van der Waals surface area contributed by atoms with E-state index in [0.29, 0.717) is 37.7 Å². The highest BCUT2D eigenvalue weighted by Gasteiger charge is 2.16. The molecule has 0 radical (unpaired) electrons. The average molecular weight is 278 g/mol. The summed E-state index contributed by atoms with van der Waals surface area (Å²) in [5, 5.41) is 2.67. The summed E-state index contributed by atoms with van der Waals surface area (Å²) < 4.78 is 10.6. The second kappa shape index (κ2) is 6.91. The molecule has 0 aromatic heterocycles. The fourth-order valence-electron chi connectivity index (χ4n) is 1.89. The highest BCUT2D eigenvalue weighted by atomic mass is 16.5. The highest BCUT2D eigenvalue weighted by Crippen LogP contribution is 2.15. The first kappa shape index (κ1) is 14.3. The van der Waals surface area contributed by atoms with Crippen molar-refractivity contribution in [2.45, 2.75) is 6.92 Å². The van der Waals surface area contributed by atoms with E-state index in [1.165, 1.54) is 6.92 Å². The first-order valence-electron chi connectivity index (χ1n) is 6.51. The minimum atomic E-state index is -0.124. The number of rotatable bonds is 4. The molecular weight excluding hydrogens is 260 g/mol. The predicted octanol–water partition coefficient (Wildman–Crippen LogP) is 0.883. The van der Waals surface area contributed by atoms with E-state index in [-0.39, 0.29) is 18.4 Å². The van der Waals surface area contributed by atoms with Gasteiger partial charge in [-0.3, -0.25) is 9.59 Å². The Kier molecular flexibility index (Phi) is 4.95. The summed E-state index contributed by atoms with van der Waals surface area (Å²) in [6.45, 7) is 3.85. The normalized spacial score (nSPS) is 14.8. The van der Waals surface area contributed by atoms with Crippen molar-refractivity contribution in [1.29, 1.82) is 0 Å². The SMILES string of the molecule is CC(=O)Nc1ccc(OCC(=O)N2CCOCC2)cc1. The lowest BCUT2D eigenvalue weighted by molar-refractivity contribution is -0.137. The lowest BCUT2D eigenvalue weighted by Gasteiger charge is -2.26. The van der Waals surface area contributed by atoms with Gasteiger partial charge in [0.2, 0.25) is 5.91 Å². The minimum absolute atomic E-state index is 0.0134. The van der Waals surface area contributed by atoms with Crippen molar-refractivity contribution >= 4 is 17.5 Å². The summed E-state index contributed by atoms with van der Waals surface area (Å²) >= 11 is 0. The van der Waals surface area contributed by atoms with Crippen LogP contribution in [0.2, 0.25) is 0 Å². The van der Waals surface area contributed by atoms with Gasteiger partial charge in [0.05, 0.1) is 13.2 Å². The van der Waals surface area contributed by atoms with E-state index in [0.717, 1.165) is 0 Å². The third-order valence-corrected chi connectivity index (χ3v) is 2.90. The Bertz CT molecular complexity index is 467. The van der Waals surface area contributed by atoms with Gasteiger partial charge in [-0.05, 0) is 24.3 Å². The number of ether oxygens (including phenoxy) is 2. The van der Waals surface area contributed by atoms with Crippen LogP contribution in [0.1, 0.15) is 6.92 Å². The lowest BCUT2D eigenvalue weighted by atomic mass is 10.3. The molecule has 1 N–H and O–H groups in total. The van der Waals surface area contributed by atoms with Crippen molar-refractivity contribution in [3.63, 3.8) is 0 Å². The maximum Gasteiger partial charge on any atom is 0.260 e. The van der Waals surface area contributed by atoms with Crippen molar-refractivity contribution in [3.8, 4) is 5.75 Å². The smallest absolute Gasteiger partial charge is 0.260 e. The zero-order valence-corrected chi connectivity index (χ0v) is 11.4. The van der Waals surface area contributed by atoms with Crippen molar-refractivity contribution in [2.75, 3.05) is 38.2 Å². The zero-order valence-electron chi connectivity index (χ0n) is 11.4. The van der Waals surface area contributed by atoms with Gasteiger partial charge in [0.25, 0.3) is 5.91 Å². The molecule has 0 spiro atoms. The first-order valence-corrected chi connectivity index (χ1v) is 6.51. The molecule has 20 heavy (non-hydrogen) atoms. The molecule has 0 atom stereocenters. The number of hydrogen-bond donors (Lipinski definition) is 1. The fourth-order valence-corrected chi connectivity index (χ4v) is 1.89. The number of nitrogens with one attached hydrogen (secondary N) is 1. The molecular formula is C14H18N2O4. The maximum absolute atomic E-state index is 11.9. The standard InChI is InChI=1S/C14H18N2O4/c1-11(17)15-12-2-4-13(5-3-12)20-10-14(18)16-6-8-19-9-7-16/h2-5H,6-10H2,1H3,(H,15,17). The molecule has 1 aliphatic heterocycles. The molecule has 2 amide bonds. The Labute approximate surface area is 117 Å². The number of nitrogens with zero attached hydrogens (tertiary/aromatic N) is 1. The van der Waals surface area contributed by atoms with Gasteiger partial charge in [-0.1, -0.05) is 0 Å². The van der Waals surface area contributed by atoms with Crippen LogP contribution in [0.3, 0.4) is 0 Å².